The van der Waals surface area contributed by atoms with E-state index in [0.29, 0.717) is 5.92 Å². The first kappa shape index (κ1) is 25.2. The SMILES string of the molecule is CCC(CCCCCC(=O)O)C1=CCC2=CC3=C(C=C(NC4C=CC(N)=CC4)CC3(C)C)OC2=C1. The van der Waals surface area contributed by atoms with Crippen molar-refractivity contribution in [2.75, 3.05) is 0 Å². The van der Waals surface area contributed by atoms with Crippen molar-refractivity contribution in [3.63, 3.8) is 0 Å². The van der Waals surface area contributed by atoms with Gasteiger partial charge in [0.2, 0.25) is 0 Å². The molecule has 3 aliphatic carbocycles. The normalized spacial score (nSPS) is 23.5. The van der Waals surface area contributed by atoms with Crippen LogP contribution in [-0.4, -0.2) is 17.1 Å². The number of nitrogens with one attached hydrogen (secondary N) is 1. The van der Waals surface area contributed by atoms with Crippen LogP contribution < -0.4 is 11.1 Å². The number of aliphatic carboxylic acids is 1. The average Bonchev–Trinajstić information content (AvgIpc) is 2.81. The fourth-order valence-electron chi connectivity index (χ4n) is 5.50. The third-order valence-corrected chi connectivity index (χ3v) is 7.55. The minimum absolute atomic E-state index is 0.00983. The van der Waals surface area contributed by atoms with Crippen LogP contribution in [0.4, 0.5) is 0 Å². The van der Waals surface area contributed by atoms with Gasteiger partial charge >= 0.3 is 5.97 Å². The zero-order valence-corrected chi connectivity index (χ0v) is 21.4. The van der Waals surface area contributed by atoms with Crippen LogP contribution in [0.1, 0.15) is 78.6 Å². The van der Waals surface area contributed by atoms with Crippen molar-refractivity contribution in [3.8, 4) is 0 Å². The minimum Gasteiger partial charge on any atom is -0.481 e. The van der Waals surface area contributed by atoms with Gasteiger partial charge in [-0.3, -0.25) is 4.79 Å². The fourth-order valence-corrected chi connectivity index (χ4v) is 5.50. The molecule has 0 saturated heterocycles. The van der Waals surface area contributed by atoms with Gasteiger partial charge in [0.1, 0.15) is 11.5 Å². The monoisotopic (exact) mass is 476 g/mol. The molecular weight excluding hydrogens is 436 g/mol. The molecule has 0 bridgehead atoms. The predicted molar refractivity (Wildman–Crippen MR) is 141 cm³/mol. The van der Waals surface area contributed by atoms with E-state index in [1.54, 1.807) is 0 Å². The van der Waals surface area contributed by atoms with Gasteiger partial charge in [-0.05, 0) is 79.2 Å². The van der Waals surface area contributed by atoms with E-state index in [0.717, 1.165) is 68.6 Å². The zero-order valence-electron chi connectivity index (χ0n) is 21.4. The largest absolute Gasteiger partial charge is 0.481 e. The lowest BCUT2D eigenvalue weighted by atomic mass is 9.74. The van der Waals surface area contributed by atoms with E-state index in [9.17, 15) is 4.79 Å². The maximum atomic E-state index is 10.7. The van der Waals surface area contributed by atoms with Gasteiger partial charge in [-0.2, -0.15) is 0 Å². The molecule has 0 spiro atoms. The highest BCUT2D eigenvalue weighted by atomic mass is 16.5. The van der Waals surface area contributed by atoms with Gasteiger partial charge in [-0.25, -0.2) is 0 Å². The lowest BCUT2D eigenvalue weighted by Gasteiger charge is -2.38. The molecule has 1 aliphatic heterocycles. The van der Waals surface area contributed by atoms with E-state index < -0.39 is 5.97 Å². The van der Waals surface area contributed by atoms with Crippen molar-refractivity contribution in [3.05, 3.63) is 82.2 Å². The molecule has 0 fully saturated rings. The molecule has 4 rings (SSSR count). The van der Waals surface area contributed by atoms with Gasteiger partial charge in [-0.1, -0.05) is 51.8 Å². The summed E-state index contributed by atoms with van der Waals surface area (Å²) in [5.41, 5.74) is 11.8. The summed E-state index contributed by atoms with van der Waals surface area (Å²) in [5.74, 6) is 1.72. The Balaban J connectivity index is 1.44. The molecule has 4 N–H and O–H groups in total. The standard InChI is InChI=1S/C30H40N2O3/c1-4-20(8-6-5-7-9-29(33)34)21-10-11-22-16-26-28(35-27(22)17-21)18-25(19-30(26,2)3)32-24-14-12-23(31)13-15-24/h10,12-14,16-18,20,24,32H,4-9,11,15,19,31H2,1-3H3,(H,33,34). The first-order chi connectivity index (χ1) is 16.7. The van der Waals surface area contributed by atoms with Crippen LogP contribution in [0.25, 0.3) is 0 Å². The van der Waals surface area contributed by atoms with Crippen LogP contribution in [-0.2, 0) is 9.53 Å². The van der Waals surface area contributed by atoms with Crippen molar-refractivity contribution >= 4 is 5.97 Å². The highest BCUT2D eigenvalue weighted by Crippen LogP contribution is 2.46. The van der Waals surface area contributed by atoms with Gasteiger partial charge in [0.25, 0.3) is 0 Å². The lowest BCUT2D eigenvalue weighted by Crippen LogP contribution is -2.33. The molecule has 0 aromatic carbocycles. The third kappa shape index (κ3) is 6.19. The van der Waals surface area contributed by atoms with Crippen molar-refractivity contribution in [1.82, 2.24) is 5.32 Å². The number of carbonyl (C=O) groups is 1. The summed E-state index contributed by atoms with van der Waals surface area (Å²) in [6, 6.07) is 0.255. The summed E-state index contributed by atoms with van der Waals surface area (Å²) in [5, 5.41) is 12.5. The summed E-state index contributed by atoms with van der Waals surface area (Å²) in [7, 11) is 0. The van der Waals surface area contributed by atoms with Crippen LogP contribution in [0, 0.1) is 11.3 Å². The molecule has 0 amide bonds. The van der Waals surface area contributed by atoms with Crippen LogP contribution in [0.2, 0.25) is 0 Å². The van der Waals surface area contributed by atoms with Gasteiger partial charge in [0, 0.05) is 35.5 Å². The number of fused-ring (bicyclic) bond motifs is 1. The molecule has 5 heteroatoms. The van der Waals surface area contributed by atoms with Crippen LogP contribution in [0.5, 0.6) is 0 Å². The minimum atomic E-state index is -0.700. The van der Waals surface area contributed by atoms with Crippen molar-refractivity contribution < 1.29 is 14.6 Å². The molecule has 0 radical (unpaired) electrons. The fraction of sp³-hybridized carbons (Fsp3) is 0.500. The number of carboxylic acid groups (broad SMARTS) is 1. The molecule has 5 nitrogen and oxygen atoms in total. The van der Waals surface area contributed by atoms with E-state index in [1.165, 1.54) is 22.4 Å². The highest BCUT2D eigenvalue weighted by Gasteiger charge is 2.35. The third-order valence-electron chi connectivity index (χ3n) is 7.55. The van der Waals surface area contributed by atoms with Gasteiger partial charge in [0.15, 0.2) is 0 Å². The number of carboxylic acids is 1. The number of allylic oxidation sites excluding steroid dienone is 9. The van der Waals surface area contributed by atoms with Gasteiger partial charge < -0.3 is 20.9 Å². The summed E-state index contributed by atoms with van der Waals surface area (Å²) < 4.78 is 6.56. The quantitative estimate of drug-likeness (QED) is 0.312. The zero-order chi connectivity index (χ0) is 25.0. The molecule has 4 aliphatic rings. The summed E-state index contributed by atoms with van der Waals surface area (Å²) >= 11 is 0. The summed E-state index contributed by atoms with van der Waals surface area (Å²) in [6.45, 7) is 6.83. The Morgan fingerprint density at radius 3 is 2.77 bits per heavy atom. The molecule has 188 valence electrons. The number of hydrogen-bond donors (Lipinski definition) is 3. The Hall–Kier alpha value is -2.95. The number of rotatable bonds is 10. The van der Waals surface area contributed by atoms with E-state index in [2.05, 4.69) is 62.5 Å². The molecule has 0 aromatic heterocycles. The first-order valence-corrected chi connectivity index (χ1v) is 13.1. The second kappa shape index (κ2) is 10.8. The van der Waals surface area contributed by atoms with Crippen LogP contribution in [0.15, 0.2) is 82.2 Å². The molecule has 0 saturated carbocycles. The summed E-state index contributed by atoms with van der Waals surface area (Å²) in [6.07, 6.45) is 23.3. The summed E-state index contributed by atoms with van der Waals surface area (Å²) in [4.78, 5) is 10.7. The Morgan fingerprint density at radius 1 is 1.23 bits per heavy atom. The number of nitrogens with two attached hydrogens (primary N) is 1. The number of unbranched alkanes of at least 4 members (excludes halogenated alkanes) is 2. The van der Waals surface area contributed by atoms with Gasteiger partial charge in [0.05, 0.1) is 0 Å². The van der Waals surface area contributed by atoms with Crippen LogP contribution in [0.3, 0.4) is 0 Å². The van der Waals surface area contributed by atoms with E-state index >= 15 is 0 Å². The van der Waals surface area contributed by atoms with Gasteiger partial charge in [-0.15, -0.1) is 0 Å². The number of hydrogen-bond acceptors (Lipinski definition) is 4. The highest BCUT2D eigenvalue weighted by molar-refractivity contribution is 5.66. The smallest absolute Gasteiger partial charge is 0.303 e. The predicted octanol–water partition coefficient (Wildman–Crippen LogP) is 6.55. The number of ether oxygens (including phenoxy) is 1. The van der Waals surface area contributed by atoms with E-state index in [4.69, 9.17) is 15.6 Å². The lowest BCUT2D eigenvalue weighted by molar-refractivity contribution is -0.137. The maximum Gasteiger partial charge on any atom is 0.303 e. The molecule has 1 heterocycles. The Bertz CT molecular complexity index is 1070. The molecule has 35 heavy (non-hydrogen) atoms. The molecule has 2 atom stereocenters. The second-order valence-electron chi connectivity index (χ2n) is 10.8. The topological polar surface area (TPSA) is 84.6 Å². The Labute approximate surface area is 209 Å². The van der Waals surface area contributed by atoms with E-state index in [1.807, 2.05) is 6.08 Å². The first-order valence-electron chi connectivity index (χ1n) is 13.1. The molecule has 2 unspecified atom stereocenters. The Kier molecular flexibility index (Phi) is 7.73. The maximum absolute atomic E-state index is 10.7. The van der Waals surface area contributed by atoms with E-state index in [-0.39, 0.29) is 17.9 Å². The average molecular weight is 477 g/mol. The van der Waals surface area contributed by atoms with Crippen molar-refractivity contribution in [2.24, 2.45) is 17.1 Å². The Morgan fingerprint density at radius 2 is 2.06 bits per heavy atom. The van der Waals surface area contributed by atoms with Crippen molar-refractivity contribution in [1.29, 1.82) is 0 Å². The second-order valence-corrected chi connectivity index (χ2v) is 10.8. The molecular formula is C30H40N2O3. The van der Waals surface area contributed by atoms with Crippen LogP contribution >= 0.6 is 0 Å². The van der Waals surface area contributed by atoms with Crippen molar-refractivity contribution in [2.45, 2.75) is 84.6 Å². The molecule has 0 aromatic rings.